The minimum absolute atomic E-state index is 0.740. The van der Waals surface area contributed by atoms with Gasteiger partial charge in [-0.15, -0.1) is 6.58 Å². The maximum absolute atomic E-state index is 5.52. The summed E-state index contributed by atoms with van der Waals surface area (Å²) in [6, 6.07) is 0. The van der Waals surface area contributed by atoms with Crippen LogP contribution >= 0.6 is 37.8 Å². The standard InChI is InChI=1S/C3H5Cl2PS2/c1-2-3-8-6(4,5)7/h2H,1,3H2. The predicted octanol–water partition coefficient (Wildman–Crippen LogP) is 3.61. The average molecular weight is 207 g/mol. The third kappa shape index (κ3) is 7.32. The first-order chi connectivity index (χ1) is 3.56. The van der Waals surface area contributed by atoms with Crippen LogP contribution in [-0.4, -0.2) is 5.75 Å². The first-order valence-corrected chi connectivity index (χ1v) is 8.01. The Kier molecular flexibility index (Phi) is 4.88. The molecule has 0 spiro atoms. The minimum Gasteiger partial charge on any atom is -0.102 e. The van der Waals surface area contributed by atoms with E-state index in [4.69, 9.17) is 34.3 Å². The number of hydrogen-bond acceptors (Lipinski definition) is 2. The van der Waals surface area contributed by atoms with Gasteiger partial charge in [0.25, 0.3) is 0 Å². The molecule has 0 aromatic carbocycles. The third-order valence-electron chi connectivity index (χ3n) is 0.343. The Morgan fingerprint density at radius 3 is 2.38 bits per heavy atom. The molecule has 0 N–H and O–H groups in total. The fraction of sp³-hybridized carbons (Fsp3) is 0.333. The van der Waals surface area contributed by atoms with Crippen LogP contribution in [0.5, 0.6) is 0 Å². The van der Waals surface area contributed by atoms with Crippen molar-refractivity contribution in [3.63, 3.8) is 0 Å². The van der Waals surface area contributed by atoms with Crippen molar-refractivity contribution in [1.82, 2.24) is 0 Å². The van der Waals surface area contributed by atoms with Gasteiger partial charge in [0.15, 0.2) is 3.95 Å². The Morgan fingerprint density at radius 1 is 1.75 bits per heavy atom. The Morgan fingerprint density at radius 2 is 2.25 bits per heavy atom. The highest BCUT2D eigenvalue weighted by Gasteiger charge is 2.05. The van der Waals surface area contributed by atoms with E-state index in [1.54, 1.807) is 6.08 Å². The van der Waals surface area contributed by atoms with Crippen LogP contribution in [0.1, 0.15) is 0 Å². The van der Waals surface area contributed by atoms with Crippen molar-refractivity contribution in [3.8, 4) is 0 Å². The summed E-state index contributed by atoms with van der Waals surface area (Å²) < 4.78 is -2.06. The zero-order valence-corrected chi connectivity index (χ0v) is 8.05. The third-order valence-corrected chi connectivity index (χ3v) is 5.08. The van der Waals surface area contributed by atoms with Crippen molar-refractivity contribution in [2.75, 3.05) is 5.75 Å². The highest BCUT2D eigenvalue weighted by atomic mass is 35.9. The largest absolute Gasteiger partial charge is 0.171 e. The summed E-state index contributed by atoms with van der Waals surface area (Å²) in [4.78, 5) is 0. The molecule has 0 unspecified atom stereocenters. The molecule has 0 aliphatic rings. The molecule has 0 fully saturated rings. The van der Waals surface area contributed by atoms with Crippen LogP contribution in [0.2, 0.25) is 0 Å². The first-order valence-electron chi connectivity index (χ1n) is 1.81. The van der Waals surface area contributed by atoms with Gasteiger partial charge < -0.3 is 0 Å². The summed E-state index contributed by atoms with van der Waals surface area (Å²) in [6.07, 6.45) is 1.73. The van der Waals surface area contributed by atoms with Gasteiger partial charge in [0.05, 0.1) is 0 Å². The fourth-order valence-corrected chi connectivity index (χ4v) is 2.82. The Balaban J connectivity index is 3.40. The van der Waals surface area contributed by atoms with E-state index in [1.165, 1.54) is 11.4 Å². The lowest BCUT2D eigenvalue weighted by Crippen LogP contribution is -1.59. The minimum atomic E-state index is -2.06. The smallest absolute Gasteiger partial charge is 0.102 e. The molecule has 5 heteroatoms. The summed E-state index contributed by atoms with van der Waals surface area (Å²) in [6.45, 7) is 3.50. The molecule has 0 bridgehead atoms. The topological polar surface area (TPSA) is 0 Å². The summed E-state index contributed by atoms with van der Waals surface area (Å²) in [5.41, 5.74) is 0. The maximum atomic E-state index is 5.52. The molecule has 48 valence electrons. The van der Waals surface area contributed by atoms with Gasteiger partial charge in [0.2, 0.25) is 0 Å². The second-order valence-corrected chi connectivity index (χ2v) is 13.1. The second-order valence-electron chi connectivity index (χ2n) is 0.999. The fourth-order valence-electron chi connectivity index (χ4n) is 0.139. The maximum Gasteiger partial charge on any atom is 0.171 e. The molecule has 0 rings (SSSR count). The van der Waals surface area contributed by atoms with E-state index in [1.807, 2.05) is 0 Å². The molecule has 0 aliphatic heterocycles. The quantitative estimate of drug-likeness (QED) is 0.512. The van der Waals surface area contributed by atoms with Gasteiger partial charge >= 0.3 is 0 Å². The van der Waals surface area contributed by atoms with Crippen LogP contribution in [0.15, 0.2) is 12.7 Å². The van der Waals surface area contributed by atoms with E-state index in [-0.39, 0.29) is 0 Å². The van der Waals surface area contributed by atoms with Gasteiger partial charge in [-0.2, -0.15) is 0 Å². The van der Waals surface area contributed by atoms with Crippen LogP contribution < -0.4 is 0 Å². The molecule has 0 heterocycles. The lowest BCUT2D eigenvalue weighted by Gasteiger charge is -1.98. The zero-order chi connectivity index (χ0) is 6.62. The van der Waals surface area contributed by atoms with Crippen LogP contribution in [0.25, 0.3) is 0 Å². The van der Waals surface area contributed by atoms with Crippen molar-refractivity contribution in [3.05, 3.63) is 12.7 Å². The number of halogens is 2. The monoisotopic (exact) mass is 206 g/mol. The van der Waals surface area contributed by atoms with E-state index in [9.17, 15) is 0 Å². The van der Waals surface area contributed by atoms with Crippen molar-refractivity contribution in [1.29, 1.82) is 0 Å². The van der Waals surface area contributed by atoms with Crippen LogP contribution in [-0.2, 0) is 11.8 Å². The highest BCUT2D eigenvalue weighted by molar-refractivity contribution is 8.85. The van der Waals surface area contributed by atoms with E-state index in [2.05, 4.69) is 6.58 Å². The van der Waals surface area contributed by atoms with Crippen molar-refractivity contribution in [2.45, 2.75) is 0 Å². The van der Waals surface area contributed by atoms with Gasteiger partial charge in [-0.3, -0.25) is 0 Å². The van der Waals surface area contributed by atoms with Crippen LogP contribution in [0.4, 0.5) is 0 Å². The number of rotatable bonds is 3. The average Bonchev–Trinajstić information content (AvgIpc) is 1.59. The van der Waals surface area contributed by atoms with Gasteiger partial charge in [0.1, 0.15) is 0 Å². The molecule has 0 aromatic heterocycles. The number of hydrogen-bond donors (Lipinski definition) is 0. The molecule has 0 nitrogen and oxygen atoms in total. The highest BCUT2D eigenvalue weighted by Crippen LogP contribution is 2.68. The molecule has 8 heavy (non-hydrogen) atoms. The van der Waals surface area contributed by atoms with Crippen LogP contribution in [0, 0.1) is 0 Å². The van der Waals surface area contributed by atoms with E-state index in [0.29, 0.717) is 0 Å². The van der Waals surface area contributed by atoms with Crippen LogP contribution in [0.3, 0.4) is 0 Å². The zero-order valence-electron chi connectivity index (χ0n) is 4.01. The van der Waals surface area contributed by atoms with E-state index < -0.39 is 3.95 Å². The van der Waals surface area contributed by atoms with Crippen molar-refractivity contribution >= 4 is 49.6 Å². The Labute approximate surface area is 68.0 Å². The molecule has 0 saturated heterocycles. The van der Waals surface area contributed by atoms with E-state index >= 15 is 0 Å². The molecule has 0 saturated carbocycles. The van der Waals surface area contributed by atoms with Gasteiger partial charge in [-0.25, -0.2) is 0 Å². The van der Waals surface area contributed by atoms with Crippen molar-refractivity contribution in [2.24, 2.45) is 0 Å². The summed E-state index contributed by atoms with van der Waals surface area (Å²) in [5, 5.41) is 0. The molecular weight excluding hydrogens is 202 g/mol. The second kappa shape index (κ2) is 4.19. The Hall–Kier alpha value is 1.32. The van der Waals surface area contributed by atoms with E-state index in [0.717, 1.165) is 5.75 Å². The lowest BCUT2D eigenvalue weighted by molar-refractivity contribution is 1.84. The molecule has 0 aliphatic carbocycles. The summed E-state index contributed by atoms with van der Waals surface area (Å²) in [5.74, 6) is 0.740. The summed E-state index contributed by atoms with van der Waals surface area (Å²) >= 11 is 17.1. The first kappa shape index (κ1) is 9.32. The van der Waals surface area contributed by atoms with Gasteiger partial charge in [-0.05, 0) is 0 Å². The summed E-state index contributed by atoms with van der Waals surface area (Å²) in [7, 11) is 0. The molecule has 0 amide bonds. The molecule has 0 atom stereocenters. The lowest BCUT2D eigenvalue weighted by atomic mass is 10.8. The van der Waals surface area contributed by atoms with Gasteiger partial charge in [0, 0.05) is 5.75 Å². The molecular formula is C3H5Cl2PS2. The Bertz CT molecular complexity index is 118. The normalized spacial score (nSPS) is 11.2. The SMILES string of the molecule is C=CCSP(=S)(Cl)Cl. The van der Waals surface area contributed by atoms with Gasteiger partial charge in [-0.1, -0.05) is 51.7 Å². The molecule has 0 radical (unpaired) electrons. The predicted molar refractivity (Wildman–Crippen MR) is 48.6 cm³/mol. The molecule has 0 aromatic rings. The van der Waals surface area contributed by atoms with Crippen molar-refractivity contribution < 1.29 is 0 Å².